The summed E-state index contributed by atoms with van der Waals surface area (Å²) in [6, 6.07) is 20.8. The number of rotatable bonds is 2. The molecule has 0 bridgehead atoms. The lowest BCUT2D eigenvalue weighted by Crippen LogP contribution is -1.88. The van der Waals surface area contributed by atoms with Crippen molar-refractivity contribution >= 4 is 11.1 Å². The van der Waals surface area contributed by atoms with Gasteiger partial charge in [-0.25, -0.2) is 4.98 Å². The Balaban J connectivity index is 1.94. The monoisotopic (exact) mass is 299 g/mol. The fraction of sp³-hybridized carbons (Fsp3) is 0.0952. The number of aromatic nitrogens is 1. The molecule has 0 aliphatic rings. The summed E-state index contributed by atoms with van der Waals surface area (Å²) in [5.41, 5.74) is 6.64. The summed E-state index contributed by atoms with van der Waals surface area (Å²) in [5.74, 6) is 0.911. The van der Waals surface area contributed by atoms with Crippen LogP contribution in [-0.2, 0) is 0 Å². The lowest BCUT2D eigenvalue weighted by Gasteiger charge is -2.10. The van der Waals surface area contributed by atoms with Gasteiger partial charge in [0.2, 0.25) is 5.71 Å². The molecule has 0 saturated carbocycles. The van der Waals surface area contributed by atoms with E-state index in [4.69, 9.17) is 4.42 Å². The third-order valence-electron chi connectivity index (χ3n) is 4.38. The Labute approximate surface area is 135 Å². The molecule has 0 radical (unpaired) electrons. The largest absolute Gasteiger partial charge is 0.437 e. The van der Waals surface area contributed by atoms with Gasteiger partial charge < -0.3 is 4.42 Å². The molecule has 0 saturated heterocycles. The Morgan fingerprint density at radius 1 is 0.739 bits per heavy atom. The van der Waals surface area contributed by atoms with Gasteiger partial charge in [-0.05, 0) is 42.7 Å². The standard InChI is InChI=1S/C21H17NO/c1-14-17(16-8-4-3-5-9-16)10-6-11-18(14)20-15(2)19-12-7-13-22-21(19)23-20/h3-13H,1-2H3. The first-order valence-corrected chi connectivity index (χ1v) is 7.75. The first-order valence-electron chi connectivity index (χ1n) is 7.75. The van der Waals surface area contributed by atoms with E-state index in [1.54, 1.807) is 6.20 Å². The van der Waals surface area contributed by atoms with Gasteiger partial charge in [0.05, 0.1) is 0 Å². The maximum absolute atomic E-state index is 6.05. The molecule has 2 heterocycles. The van der Waals surface area contributed by atoms with Gasteiger partial charge in [0.15, 0.2) is 0 Å². The summed E-state index contributed by atoms with van der Waals surface area (Å²) in [7, 11) is 0. The van der Waals surface area contributed by atoms with Crippen molar-refractivity contribution < 1.29 is 4.42 Å². The van der Waals surface area contributed by atoms with E-state index >= 15 is 0 Å². The molecule has 4 rings (SSSR count). The summed E-state index contributed by atoms with van der Waals surface area (Å²) in [6.45, 7) is 4.25. The van der Waals surface area contributed by atoms with Crippen LogP contribution in [0.5, 0.6) is 0 Å². The molecule has 2 aromatic heterocycles. The van der Waals surface area contributed by atoms with Crippen LogP contribution < -0.4 is 0 Å². The number of furan rings is 1. The molecular weight excluding hydrogens is 282 g/mol. The van der Waals surface area contributed by atoms with Gasteiger partial charge in [-0.3, -0.25) is 0 Å². The van der Waals surface area contributed by atoms with Crippen molar-refractivity contribution in [1.82, 2.24) is 4.98 Å². The van der Waals surface area contributed by atoms with E-state index in [1.807, 2.05) is 12.1 Å². The van der Waals surface area contributed by atoms with Crippen LogP contribution in [-0.4, -0.2) is 4.98 Å². The van der Waals surface area contributed by atoms with E-state index in [-0.39, 0.29) is 0 Å². The average molecular weight is 299 g/mol. The second-order valence-electron chi connectivity index (χ2n) is 5.76. The SMILES string of the molecule is Cc1c(-c2ccccc2)cccc1-c1oc2ncccc2c1C. The van der Waals surface area contributed by atoms with Gasteiger partial charge in [-0.2, -0.15) is 0 Å². The zero-order valence-electron chi connectivity index (χ0n) is 13.2. The van der Waals surface area contributed by atoms with E-state index in [2.05, 4.69) is 67.4 Å². The van der Waals surface area contributed by atoms with E-state index in [1.165, 1.54) is 16.7 Å². The van der Waals surface area contributed by atoms with Crippen LogP contribution in [0, 0.1) is 13.8 Å². The number of nitrogens with zero attached hydrogens (tertiary/aromatic N) is 1. The summed E-state index contributed by atoms with van der Waals surface area (Å²) in [4.78, 5) is 4.33. The van der Waals surface area contributed by atoms with Crippen molar-refractivity contribution in [1.29, 1.82) is 0 Å². The van der Waals surface area contributed by atoms with Gasteiger partial charge in [0.1, 0.15) is 5.76 Å². The van der Waals surface area contributed by atoms with E-state index in [0.717, 1.165) is 22.3 Å². The minimum atomic E-state index is 0.699. The molecule has 2 heteroatoms. The van der Waals surface area contributed by atoms with E-state index in [0.29, 0.717) is 5.71 Å². The quantitative estimate of drug-likeness (QED) is 0.469. The maximum atomic E-state index is 6.05. The molecule has 0 amide bonds. The van der Waals surface area contributed by atoms with Crippen LogP contribution in [0.1, 0.15) is 11.1 Å². The van der Waals surface area contributed by atoms with Crippen LogP contribution >= 0.6 is 0 Å². The fourth-order valence-corrected chi connectivity index (χ4v) is 3.12. The minimum absolute atomic E-state index is 0.699. The molecule has 0 aliphatic heterocycles. The molecule has 2 aromatic carbocycles. The van der Waals surface area contributed by atoms with Crippen molar-refractivity contribution in [2.24, 2.45) is 0 Å². The van der Waals surface area contributed by atoms with Crippen molar-refractivity contribution in [3.8, 4) is 22.5 Å². The molecule has 0 N–H and O–H groups in total. The van der Waals surface area contributed by atoms with Crippen molar-refractivity contribution in [3.63, 3.8) is 0 Å². The number of benzene rings is 2. The highest BCUT2D eigenvalue weighted by molar-refractivity contribution is 5.87. The maximum Gasteiger partial charge on any atom is 0.226 e. The van der Waals surface area contributed by atoms with Crippen molar-refractivity contribution in [2.75, 3.05) is 0 Å². The number of fused-ring (bicyclic) bond motifs is 1. The molecule has 112 valence electrons. The molecule has 4 aromatic rings. The highest BCUT2D eigenvalue weighted by Crippen LogP contribution is 2.36. The summed E-state index contributed by atoms with van der Waals surface area (Å²) < 4.78 is 6.05. The van der Waals surface area contributed by atoms with Crippen molar-refractivity contribution in [2.45, 2.75) is 13.8 Å². The second kappa shape index (κ2) is 5.40. The van der Waals surface area contributed by atoms with Crippen LogP contribution in [0.15, 0.2) is 71.3 Å². The molecule has 2 nitrogen and oxygen atoms in total. The van der Waals surface area contributed by atoms with Crippen LogP contribution in [0.3, 0.4) is 0 Å². The number of pyridine rings is 1. The molecule has 0 atom stereocenters. The molecule has 0 unspecified atom stereocenters. The Morgan fingerprint density at radius 3 is 2.30 bits per heavy atom. The first kappa shape index (κ1) is 13.8. The number of aryl methyl sites for hydroxylation is 1. The van der Waals surface area contributed by atoms with Crippen molar-refractivity contribution in [3.05, 3.63) is 78.0 Å². The van der Waals surface area contributed by atoms with Crippen LogP contribution in [0.25, 0.3) is 33.6 Å². The second-order valence-corrected chi connectivity index (χ2v) is 5.76. The predicted molar refractivity (Wildman–Crippen MR) is 94.4 cm³/mol. The average Bonchev–Trinajstić information content (AvgIpc) is 2.93. The highest BCUT2D eigenvalue weighted by Gasteiger charge is 2.16. The topological polar surface area (TPSA) is 26.0 Å². The molecule has 23 heavy (non-hydrogen) atoms. The third kappa shape index (κ3) is 2.23. The fourth-order valence-electron chi connectivity index (χ4n) is 3.12. The van der Waals surface area contributed by atoms with E-state index < -0.39 is 0 Å². The van der Waals surface area contributed by atoms with Gasteiger partial charge in [-0.1, -0.05) is 48.5 Å². The number of hydrogen-bond acceptors (Lipinski definition) is 2. The van der Waals surface area contributed by atoms with E-state index in [9.17, 15) is 0 Å². The van der Waals surface area contributed by atoms with Gasteiger partial charge >= 0.3 is 0 Å². The zero-order valence-corrected chi connectivity index (χ0v) is 13.2. The highest BCUT2D eigenvalue weighted by atomic mass is 16.3. The summed E-state index contributed by atoms with van der Waals surface area (Å²) in [5, 5.41) is 1.08. The third-order valence-corrected chi connectivity index (χ3v) is 4.38. The first-order chi connectivity index (χ1) is 11.3. The molecule has 0 spiro atoms. The minimum Gasteiger partial charge on any atom is -0.437 e. The van der Waals surface area contributed by atoms with Crippen LogP contribution in [0.4, 0.5) is 0 Å². The van der Waals surface area contributed by atoms with Gasteiger partial charge in [-0.15, -0.1) is 0 Å². The molecule has 0 aliphatic carbocycles. The smallest absolute Gasteiger partial charge is 0.226 e. The Hall–Kier alpha value is -2.87. The van der Waals surface area contributed by atoms with Gasteiger partial charge in [0.25, 0.3) is 0 Å². The summed E-state index contributed by atoms with van der Waals surface area (Å²) >= 11 is 0. The Kier molecular flexibility index (Phi) is 3.23. The lowest BCUT2D eigenvalue weighted by molar-refractivity contribution is 0.616. The molecular formula is C21H17NO. The molecule has 0 fully saturated rings. The Bertz CT molecular complexity index is 983. The lowest BCUT2D eigenvalue weighted by atomic mass is 9.94. The number of hydrogen-bond donors (Lipinski definition) is 0. The summed E-state index contributed by atoms with van der Waals surface area (Å²) in [6.07, 6.45) is 1.77. The van der Waals surface area contributed by atoms with Crippen LogP contribution in [0.2, 0.25) is 0 Å². The zero-order chi connectivity index (χ0) is 15.8. The normalized spacial score (nSPS) is 11.0. The van der Waals surface area contributed by atoms with Gasteiger partial charge in [0, 0.05) is 22.7 Å². The Morgan fingerprint density at radius 2 is 1.52 bits per heavy atom. The predicted octanol–water partition coefficient (Wildman–Crippen LogP) is 5.78.